The van der Waals surface area contributed by atoms with Crippen molar-refractivity contribution in [3.8, 4) is 0 Å². The number of alkyl halides is 2. The summed E-state index contributed by atoms with van der Waals surface area (Å²) in [6, 6.07) is 8.62. The molecule has 0 radical (unpaired) electrons. The van der Waals surface area contributed by atoms with Crippen LogP contribution in [0.2, 0.25) is 15.1 Å². The van der Waals surface area contributed by atoms with Gasteiger partial charge in [0.25, 0.3) is 5.91 Å². The molecule has 4 rings (SSSR count). The van der Waals surface area contributed by atoms with Gasteiger partial charge in [-0.2, -0.15) is 4.90 Å². The quantitative estimate of drug-likeness (QED) is 0.240. The van der Waals surface area contributed by atoms with Crippen LogP contribution in [0.1, 0.15) is 71.8 Å². The second-order valence-electron chi connectivity index (χ2n) is 13.5. The monoisotopic (exact) mass is 795 g/mol. The van der Waals surface area contributed by atoms with E-state index in [1.165, 1.54) is 53.7 Å². The number of ether oxygens (including phenoxy) is 2. The molecule has 0 spiro atoms. The van der Waals surface area contributed by atoms with E-state index in [-0.39, 0.29) is 29.0 Å². The minimum absolute atomic E-state index is 0. The highest BCUT2D eigenvalue weighted by Crippen LogP contribution is 2.65. The zero-order valence-electron chi connectivity index (χ0n) is 27.7. The lowest BCUT2D eigenvalue weighted by atomic mass is 10.1. The topological polar surface area (TPSA) is 114 Å². The van der Waals surface area contributed by atoms with Crippen LogP contribution >= 0.6 is 58.0 Å². The maximum absolute atomic E-state index is 15.2. The number of aryl methyl sites for hydroxylation is 1. The molecule has 3 aromatic rings. The molecule has 1 aliphatic carbocycles. The number of imide groups is 1. The van der Waals surface area contributed by atoms with Crippen molar-refractivity contribution in [2.75, 3.05) is 15.5 Å². The summed E-state index contributed by atoms with van der Waals surface area (Å²) < 4.78 is 39.4. The molecule has 2 atom stereocenters. The lowest BCUT2D eigenvalue weighted by molar-refractivity contribution is -0.117. The first-order valence-electron chi connectivity index (χ1n) is 14.9. The lowest BCUT2D eigenvalue weighted by Gasteiger charge is -2.29. The fraction of sp³-hybridized carbons (Fsp3) is 0.353. The highest BCUT2D eigenvalue weighted by molar-refractivity contribution is 6.53. The Morgan fingerprint density at radius 2 is 1.40 bits per heavy atom. The molecule has 0 bridgehead atoms. The summed E-state index contributed by atoms with van der Waals surface area (Å²) in [6.07, 6.45) is -2.63. The Kier molecular flexibility index (Phi) is 11.3. The van der Waals surface area contributed by atoms with Gasteiger partial charge < -0.3 is 20.1 Å². The van der Waals surface area contributed by atoms with Gasteiger partial charge in [-0.25, -0.2) is 18.4 Å². The zero-order chi connectivity index (χ0) is 37.7. The first-order valence-corrected chi connectivity index (χ1v) is 16.8. The van der Waals surface area contributed by atoms with Gasteiger partial charge in [0.1, 0.15) is 21.4 Å². The van der Waals surface area contributed by atoms with Crippen molar-refractivity contribution >= 4 is 99.1 Å². The highest BCUT2D eigenvalue weighted by Gasteiger charge is 2.67. The predicted octanol–water partition coefficient (Wildman–Crippen LogP) is 11.2. The van der Waals surface area contributed by atoms with Crippen LogP contribution < -0.4 is 15.5 Å². The van der Waals surface area contributed by atoms with E-state index in [1.807, 2.05) is 0 Å². The van der Waals surface area contributed by atoms with Gasteiger partial charge in [0.15, 0.2) is 5.82 Å². The number of carbonyl (C=O) groups excluding carboxylic acids is 4. The number of halogens is 7. The molecule has 0 unspecified atom stereocenters. The number of carbonyl (C=O) groups is 4. The largest absolute Gasteiger partial charge is 0.443 e. The molecule has 4 amide bonds. The Morgan fingerprint density at radius 1 is 0.820 bits per heavy atom. The summed E-state index contributed by atoms with van der Waals surface area (Å²) in [5, 5.41) is 5.49. The molecular formula is C34H36Cl5F2N3O6. The van der Waals surface area contributed by atoms with Crippen molar-refractivity contribution in [2.24, 2.45) is 5.92 Å². The minimum Gasteiger partial charge on any atom is -0.443 e. The Balaban J connectivity index is 0.00000468. The Labute approximate surface area is 315 Å². The third-order valence-electron chi connectivity index (χ3n) is 7.08. The Morgan fingerprint density at radius 3 is 1.94 bits per heavy atom. The number of nitrogens with one attached hydrogen (secondary N) is 2. The van der Waals surface area contributed by atoms with Crippen LogP contribution in [0.25, 0.3) is 0 Å². The van der Waals surface area contributed by atoms with Gasteiger partial charge in [-0.1, -0.05) is 40.9 Å². The van der Waals surface area contributed by atoms with Gasteiger partial charge >= 0.3 is 12.2 Å². The highest BCUT2D eigenvalue weighted by atomic mass is 35.5. The van der Waals surface area contributed by atoms with Crippen LogP contribution in [0.5, 0.6) is 0 Å². The van der Waals surface area contributed by atoms with Crippen molar-refractivity contribution < 1.29 is 40.3 Å². The first-order chi connectivity index (χ1) is 22.9. The molecule has 272 valence electrons. The Hall–Kier alpha value is -3.35. The molecule has 1 aliphatic rings. The summed E-state index contributed by atoms with van der Waals surface area (Å²) in [6.45, 7) is 10.7. The number of hydrogen-bond donors (Lipinski definition) is 2. The van der Waals surface area contributed by atoms with Crippen LogP contribution in [-0.2, 0) is 14.3 Å². The molecule has 0 heterocycles. The standard InChI is InChI=1S/C34H32Cl5F2N3O6.2H2/c1-15-10-17(42-29(46)26-25(34(26,38)39)16-8-9-19(35)20(36)11-16)12-18(27(15)37)28(45)43-23-14-24(22(41)13-21(23)40)44(30(47)49-32(2,3)4)31(48)50-33(5,6)7;;/h8-14,25-26H,1-7H3,(H,42,46)(H,43,45);2*1H/t25-,26+;;/m0../s1. The molecule has 0 aliphatic heterocycles. The van der Waals surface area contributed by atoms with Gasteiger partial charge in [-0.3, -0.25) is 9.59 Å². The maximum Gasteiger partial charge on any atom is 0.424 e. The summed E-state index contributed by atoms with van der Waals surface area (Å²) in [5.74, 6) is -5.64. The number of hydrogen-bond acceptors (Lipinski definition) is 6. The maximum atomic E-state index is 15.2. The van der Waals surface area contributed by atoms with Crippen LogP contribution in [0.3, 0.4) is 0 Å². The van der Waals surface area contributed by atoms with Gasteiger partial charge in [0, 0.05) is 20.5 Å². The van der Waals surface area contributed by atoms with Gasteiger partial charge in [0.05, 0.1) is 37.9 Å². The average molecular weight is 798 g/mol. The van der Waals surface area contributed by atoms with Crippen molar-refractivity contribution in [3.63, 3.8) is 0 Å². The van der Waals surface area contributed by atoms with E-state index in [0.717, 1.165) is 6.07 Å². The molecular weight excluding hydrogens is 762 g/mol. The summed E-state index contributed by atoms with van der Waals surface area (Å²) in [5.41, 5.74) is -2.73. The fourth-order valence-corrected chi connectivity index (χ4v) is 6.21. The van der Waals surface area contributed by atoms with Gasteiger partial charge in [0.2, 0.25) is 5.91 Å². The van der Waals surface area contributed by atoms with Crippen molar-refractivity contribution in [2.45, 2.75) is 69.9 Å². The molecule has 0 saturated heterocycles. The van der Waals surface area contributed by atoms with Crippen LogP contribution in [0.4, 0.5) is 35.4 Å². The number of anilines is 3. The predicted molar refractivity (Wildman–Crippen MR) is 195 cm³/mol. The summed E-state index contributed by atoms with van der Waals surface area (Å²) in [7, 11) is 0. The van der Waals surface area contributed by atoms with E-state index in [1.54, 1.807) is 25.1 Å². The molecule has 1 fully saturated rings. The van der Waals surface area contributed by atoms with Crippen molar-refractivity contribution in [1.29, 1.82) is 0 Å². The van der Waals surface area contributed by atoms with E-state index >= 15 is 8.78 Å². The van der Waals surface area contributed by atoms with Crippen molar-refractivity contribution in [1.82, 2.24) is 0 Å². The average Bonchev–Trinajstić information content (AvgIpc) is 3.54. The summed E-state index contributed by atoms with van der Waals surface area (Å²) in [4.78, 5) is 53.2. The van der Waals surface area contributed by atoms with Crippen LogP contribution in [0, 0.1) is 24.5 Å². The molecule has 9 nitrogen and oxygen atoms in total. The van der Waals surface area contributed by atoms with E-state index in [4.69, 9.17) is 67.5 Å². The van der Waals surface area contributed by atoms with Crippen molar-refractivity contribution in [3.05, 3.63) is 85.9 Å². The first kappa shape index (κ1) is 39.4. The minimum atomic E-state index is -1.47. The number of rotatable bonds is 6. The molecule has 1 saturated carbocycles. The van der Waals surface area contributed by atoms with E-state index in [2.05, 4.69) is 10.6 Å². The van der Waals surface area contributed by atoms with Crippen LogP contribution in [0.15, 0.2) is 42.5 Å². The molecule has 50 heavy (non-hydrogen) atoms. The lowest BCUT2D eigenvalue weighted by Crippen LogP contribution is -2.44. The van der Waals surface area contributed by atoms with Crippen LogP contribution in [-0.4, -0.2) is 39.5 Å². The van der Waals surface area contributed by atoms with E-state index in [0.29, 0.717) is 22.2 Å². The van der Waals surface area contributed by atoms with Gasteiger partial charge in [-0.15, -0.1) is 23.2 Å². The second kappa shape index (κ2) is 14.3. The Bertz CT molecular complexity index is 1880. The molecule has 3 aromatic carbocycles. The zero-order valence-corrected chi connectivity index (χ0v) is 31.5. The van der Waals surface area contributed by atoms with Gasteiger partial charge in [-0.05, 0) is 89.9 Å². The SMILES string of the molecule is Cc1cc(NC(=O)[C@H]2[C@H](c3ccc(Cl)c(Cl)c3)C2(Cl)Cl)cc(C(=O)Nc2cc(N(C(=O)OC(C)(C)C)C(=O)OC(C)(C)C)c(F)cc2F)c1Cl.[HH].[HH]. The second-order valence-corrected chi connectivity index (χ2v) is 16.1. The normalized spacial score (nSPS) is 16.7. The number of nitrogens with zero attached hydrogens (tertiary/aromatic N) is 1. The molecule has 0 aromatic heterocycles. The number of amides is 4. The third kappa shape index (κ3) is 8.92. The third-order valence-corrected chi connectivity index (χ3v) is 9.26. The number of benzene rings is 3. The summed E-state index contributed by atoms with van der Waals surface area (Å²) >= 11 is 31.5. The van der Waals surface area contributed by atoms with E-state index in [9.17, 15) is 19.2 Å². The molecule has 16 heteroatoms. The molecule has 2 N–H and O–H groups in total. The fourth-order valence-electron chi connectivity index (χ4n) is 4.88. The smallest absolute Gasteiger partial charge is 0.424 e. The van der Waals surface area contributed by atoms with E-state index < -0.39 is 74.4 Å².